The summed E-state index contributed by atoms with van der Waals surface area (Å²) in [5.74, 6) is -0.120. The summed E-state index contributed by atoms with van der Waals surface area (Å²) >= 11 is 0. The number of rotatable bonds is 2. The van der Waals surface area contributed by atoms with Crippen LogP contribution in [0.4, 0.5) is 4.39 Å². The van der Waals surface area contributed by atoms with Gasteiger partial charge < -0.3 is 14.2 Å². The van der Waals surface area contributed by atoms with E-state index in [4.69, 9.17) is 9.31 Å². The molecule has 0 aliphatic carbocycles. The van der Waals surface area contributed by atoms with Crippen molar-refractivity contribution in [1.82, 2.24) is 4.90 Å². The molecule has 6 heteroatoms. The summed E-state index contributed by atoms with van der Waals surface area (Å²) in [4.78, 5) is 13.9. The first-order chi connectivity index (χ1) is 10.7. The molecule has 0 saturated carbocycles. The summed E-state index contributed by atoms with van der Waals surface area (Å²) in [6, 6.07) is 7.21. The third-order valence-corrected chi connectivity index (χ3v) is 5.10. The van der Waals surface area contributed by atoms with Gasteiger partial charge in [0.1, 0.15) is 6.17 Å². The Balaban J connectivity index is 1.72. The average Bonchev–Trinajstić information content (AvgIpc) is 3.00. The zero-order chi connectivity index (χ0) is 16.8. The number of likely N-dealkylation sites (tertiary alicyclic amines) is 1. The third-order valence-electron chi connectivity index (χ3n) is 5.10. The Bertz CT molecular complexity index is 586. The van der Waals surface area contributed by atoms with E-state index in [0.717, 1.165) is 5.46 Å². The average molecular weight is 319 g/mol. The van der Waals surface area contributed by atoms with Crippen molar-refractivity contribution >= 4 is 18.5 Å². The van der Waals surface area contributed by atoms with Gasteiger partial charge in [-0.25, -0.2) is 4.39 Å². The van der Waals surface area contributed by atoms with Crippen LogP contribution in [0.1, 0.15) is 44.5 Å². The molecule has 2 aliphatic rings. The molecule has 124 valence electrons. The van der Waals surface area contributed by atoms with Gasteiger partial charge in [-0.3, -0.25) is 4.79 Å². The fourth-order valence-corrected chi connectivity index (χ4v) is 2.85. The van der Waals surface area contributed by atoms with Crippen LogP contribution in [0.25, 0.3) is 0 Å². The molecule has 0 unspecified atom stereocenters. The highest BCUT2D eigenvalue weighted by molar-refractivity contribution is 6.62. The van der Waals surface area contributed by atoms with E-state index < -0.39 is 24.5 Å². The number of hydrogen-bond donors (Lipinski definition) is 0. The van der Waals surface area contributed by atoms with Gasteiger partial charge in [0.25, 0.3) is 5.91 Å². The van der Waals surface area contributed by atoms with Gasteiger partial charge in [-0.05, 0) is 51.7 Å². The van der Waals surface area contributed by atoms with E-state index >= 15 is 0 Å². The minimum atomic E-state index is -0.900. The molecule has 0 N–H and O–H groups in total. The lowest BCUT2D eigenvalue weighted by molar-refractivity contribution is 0.00578. The maximum absolute atomic E-state index is 13.2. The minimum absolute atomic E-state index is 0.120. The highest BCUT2D eigenvalue weighted by atomic mass is 19.1. The molecule has 23 heavy (non-hydrogen) atoms. The van der Waals surface area contributed by atoms with Crippen LogP contribution in [0.15, 0.2) is 24.3 Å². The number of carbonyl (C=O) groups is 1. The van der Waals surface area contributed by atoms with E-state index in [1.54, 1.807) is 17.0 Å². The first-order valence-electron chi connectivity index (χ1n) is 8.08. The van der Waals surface area contributed by atoms with Crippen LogP contribution >= 0.6 is 0 Å². The Kier molecular flexibility index (Phi) is 4.01. The summed E-state index contributed by atoms with van der Waals surface area (Å²) in [6.45, 7) is 8.70. The molecule has 3 rings (SSSR count). The van der Waals surface area contributed by atoms with Crippen molar-refractivity contribution in [2.24, 2.45) is 0 Å². The lowest BCUT2D eigenvalue weighted by Crippen LogP contribution is -2.41. The topological polar surface area (TPSA) is 38.8 Å². The van der Waals surface area contributed by atoms with Crippen LogP contribution in [0, 0.1) is 0 Å². The first-order valence-corrected chi connectivity index (χ1v) is 8.08. The van der Waals surface area contributed by atoms with Crippen molar-refractivity contribution in [3.63, 3.8) is 0 Å². The van der Waals surface area contributed by atoms with E-state index in [-0.39, 0.29) is 12.5 Å². The van der Waals surface area contributed by atoms with Crippen LogP contribution < -0.4 is 5.46 Å². The number of carbonyl (C=O) groups excluding carboxylic acids is 1. The number of halogens is 1. The molecule has 1 aromatic carbocycles. The van der Waals surface area contributed by atoms with Crippen molar-refractivity contribution < 1.29 is 18.5 Å². The molecule has 1 amide bonds. The normalized spacial score (nSPS) is 25.9. The summed E-state index contributed by atoms with van der Waals surface area (Å²) in [5.41, 5.74) is 0.666. The third kappa shape index (κ3) is 3.02. The SMILES string of the molecule is CC1(C)OB(c2ccc(C(=O)N3CC[C@@H](F)C3)cc2)OC1(C)C. The Hall–Kier alpha value is -1.40. The zero-order valence-electron chi connectivity index (χ0n) is 14.1. The van der Waals surface area contributed by atoms with Crippen molar-refractivity contribution in [3.05, 3.63) is 29.8 Å². The molecule has 0 bridgehead atoms. The Labute approximate surface area is 137 Å². The van der Waals surface area contributed by atoms with Crippen LogP contribution in [-0.2, 0) is 9.31 Å². The lowest BCUT2D eigenvalue weighted by Gasteiger charge is -2.32. The van der Waals surface area contributed by atoms with Crippen molar-refractivity contribution in [2.75, 3.05) is 13.1 Å². The Morgan fingerprint density at radius 2 is 1.74 bits per heavy atom. The van der Waals surface area contributed by atoms with Crippen molar-refractivity contribution in [1.29, 1.82) is 0 Å². The van der Waals surface area contributed by atoms with Crippen LogP contribution in [0.5, 0.6) is 0 Å². The minimum Gasteiger partial charge on any atom is -0.399 e. The van der Waals surface area contributed by atoms with Gasteiger partial charge in [-0.1, -0.05) is 12.1 Å². The summed E-state index contributed by atoms with van der Waals surface area (Å²) in [6.07, 6.45) is -0.472. The van der Waals surface area contributed by atoms with Crippen LogP contribution in [0.3, 0.4) is 0 Å². The molecule has 2 fully saturated rings. The molecule has 2 saturated heterocycles. The van der Waals surface area contributed by atoms with E-state index in [1.165, 1.54) is 0 Å². The lowest BCUT2D eigenvalue weighted by atomic mass is 9.79. The molecule has 0 spiro atoms. The zero-order valence-corrected chi connectivity index (χ0v) is 14.1. The predicted molar refractivity (Wildman–Crippen MR) is 87.6 cm³/mol. The van der Waals surface area contributed by atoms with Crippen LogP contribution in [-0.4, -0.2) is 48.4 Å². The molecule has 2 heterocycles. The van der Waals surface area contributed by atoms with Gasteiger partial charge in [-0.15, -0.1) is 0 Å². The van der Waals surface area contributed by atoms with E-state index in [0.29, 0.717) is 18.5 Å². The largest absolute Gasteiger partial charge is 0.494 e. The van der Waals surface area contributed by atoms with Crippen LogP contribution in [0.2, 0.25) is 0 Å². The van der Waals surface area contributed by atoms with Crippen molar-refractivity contribution in [3.8, 4) is 0 Å². The molecular formula is C17H23BFNO3. The summed E-state index contributed by atoms with van der Waals surface area (Å²) < 4.78 is 25.2. The monoisotopic (exact) mass is 319 g/mol. The molecule has 0 aromatic heterocycles. The summed E-state index contributed by atoms with van der Waals surface area (Å²) in [5, 5.41) is 0. The van der Waals surface area contributed by atoms with Crippen molar-refractivity contribution in [2.45, 2.75) is 51.5 Å². The smallest absolute Gasteiger partial charge is 0.399 e. The molecular weight excluding hydrogens is 296 g/mol. The number of benzene rings is 1. The van der Waals surface area contributed by atoms with Gasteiger partial charge in [0, 0.05) is 12.1 Å². The summed E-state index contributed by atoms with van der Waals surface area (Å²) in [7, 11) is -0.439. The number of hydrogen-bond acceptors (Lipinski definition) is 3. The van der Waals surface area contributed by atoms with E-state index in [9.17, 15) is 9.18 Å². The molecule has 0 radical (unpaired) electrons. The standard InChI is InChI=1S/C17H23BFNO3/c1-16(2)17(3,4)23-18(22-16)13-7-5-12(6-8-13)15(21)20-10-9-14(19)11-20/h5-8,14H,9-11H2,1-4H3/t14-/m1/s1. The van der Waals surface area contributed by atoms with E-state index in [2.05, 4.69) is 0 Å². The first kappa shape index (κ1) is 16.5. The molecule has 1 atom stereocenters. The quantitative estimate of drug-likeness (QED) is 0.784. The van der Waals surface area contributed by atoms with E-state index in [1.807, 2.05) is 39.8 Å². The maximum Gasteiger partial charge on any atom is 0.494 e. The number of nitrogens with zero attached hydrogens (tertiary/aromatic N) is 1. The molecule has 4 nitrogen and oxygen atoms in total. The number of alkyl halides is 1. The van der Waals surface area contributed by atoms with Gasteiger partial charge in [0.15, 0.2) is 0 Å². The number of amides is 1. The predicted octanol–water partition coefficient (Wildman–Crippen LogP) is 2.17. The van der Waals surface area contributed by atoms with Gasteiger partial charge >= 0.3 is 7.12 Å². The maximum atomic E-state index is 13.2. The molecule has 2 aliphatic heterocycles. The second kappa shape index (κ2) is 5.60. The second-order valence-corrected chi connectivity index (χ2v) is 7.35. The Morgan fingerprint density at radius 3 is 2.22 bits per heavy atom. The van der Waals surface area contributed by atoms with Gasteiger partial charge in [0.2, 0.25) is 0 Å². The fraction of sp³-hybridized carbons (Fsp3) is 0.588. The fourth-order valence-electron chi connectivity index (χ4n) is 2.85. The highest BCUT2D eigenvalue weighted by Gasteiger charge is 2.51. The molecule has 1 aromatic rings. The van der Waals surface area contributed by atoms with Gasteiger partial charge in [0.05, 0.1) is 17.7 Å². The highest BCUT2D eigenvalue weighted by Crippen LogP contribution is 2.36. The van der Waals surface area contributed by atoms with Gasteiger partial charge in [-0.2, -0.15) is 0 Å². The second-order valence-electron chi connectivity index (χ2n) is 7.35. The Morgan fingerprint density at radius 1 is 1.17 bits per heavy atom.